The molecule has 0 bridgehead atoms. The number of aromatic amines is 1. The maximum atomic E-state index is 13.1. The molecule has 4 heterocycles. The predicted octanol–water partition coefficient (Wildman–Crippen LogP) is 0.963. The molecular formula is C22H24F3N7O3. The molecule has 35 heavy (non-hydrogen) atoms. The van der Waals surface area contributed by atoms with Gasteiger partial charge in [0.1, 0.15) is 16.8 Å². The molecule has 0 spiro atoms. The van der Waals surface area contributed by atoms with Gasteiger partial charge in [0.25, 0.3) is 11.5 Å². The molecule has 1 aliphatic heterocycles. The number of amides is 1. The summed E-state index contributed by atoms with van der Waals surface area (Å²) >= 11 is 0. The zero-order valence-electron chi connectivity index (χ0n) is 18.6. The SMILES string of the molecule is Nc1c(C(F)(F)F)c(=O)[nH]c2cc(CN3CCN(c4ccc(C(=O)NCCO)nc4)CC3)cnc12. The van der Waals surface area contributed by atoms with Crippen LogP contribution in [-0.4, -0.2) is 70.2 Å². The zero-order valence-corrected chi connectivity index (χ0v) is 18.6. The molecule has 13 heteroatoms. The normalized spacial score (nSPS) is 14.9. The Morgan fingerprint density at radius 1 is 1.17 bits per heavy atom. The van der Waals surface area contributed by atoms with Crippen LogP contribution in [-0.2, 0) is 12.7 Å². The van der Waals surface area contributed by atoms with Gasteiger partial charge in [-0.25, -0.2) is 4.98 Å². The fraction of sp³-hybridized carbons (Fsp3) is 0.364. The number of aliphatic hydroxyl groups excluding tert-OH is 1. The number of hydrogen-bond donors (Lipinski definition) is 4. The molecule has 4 rings (SSSR count). The lowest BCUT2D eigenvalue weighted by molar-refractivity contribution is -0.137. The van der Waals surface area contributed by atoms with E-state index in [1.54, 1.807) is 18.3 Å². The molecule has 0 aliphatic carbocycles. The molecule has 1 aliphatic rings. The number of fused-ring (bicyclic) bond motifs is 1. The lowest BCUT2D eigenvalue weighted by atomic mass is 10.1. The number of H-pyrrole nitrogens is 1. The first-order chi connectivity index (χ1) is 16.7. The minimum Gasteiger partial charge on any atom is -0.396 e. The van der Waals surface area contributed by atoms with Crippen LogP contribution in [0.2, 0.25) is 0 Å². The van der Waals surface area contributed by atoms with Crippen LogP contribution >= 0.6 is 0 Å². The summed E-state index contributed by atoms with van der Waals surface area (Å²) in [5.74, 6) is -0.350. The number of piperazine rings is 1. The number of anilines is 2. The Balaban J connectivity index is 1.39. The van der Waals surface area contributed by atoms with Crippen molar-refractivity contribution in [2.45, 2.75) is 12.7 Å². The molecule has 1 saturated heterocycles. The second-order valence-corrected chi connectivity index (χ2v) is 8.12. The fourth-order valence-corrected chi connectivity index (χ4v) is 4.00. The van der Waals surface area contributed by atoms with E-state index in [1.807, 2.05) is 6.07 Å². The molecule has 1 amide bonds. The molecule has 186 valence electrons. The van der Waals surface area contributed by atoms with Crippen molar-refractivity contribution in [1.29, 1.82) is 0 Å². The maximum Gasteiger partial charge on any atom is 0.423 e. The second-order valence-electron chi connectivity index (χ2n) is 8.12. The van der Waals surface area contributed by atoms with Crippen molar-refractivity contribution in [2.75, 3.05) is 50.0 Å². The topological polar surface area (TPSA) is 140 Å². The summed E-state index contributed by atoms with van der Waals surface area (Å²) in [6.07, 6.45) is -1.77. The van der Waals surface area contributed by atoms with Gasteiger partial charge < -0.3 is 26.0 Å². The van der Waals surface area contributed by atoms with Gasteiger partial charge in [-0.15, -0.1) is 0 Å². The Morgan fingerprint density at radius 3 is 2.54 bits per heavy atom. The van der Waals surface area contributed by atoms with E-state index in [-0.39, 0.29) is 35.8 Å². The Kier molecular flexibility index (Phi) is 6.89. The summed E-state index contributed by atoms with van der Waals surface area (Å²) in [7, 11) is 0. The van der Waals surface area contributed by atoms with E-state index in [0.717, 1.165) is 11.3 Å². The third-order valence-electron chi connectivity index (χ3n) is 5.75. The van der Waals surface area contributed by atoms with E-state index >= 15 is 0 Å². The molecule has 0 unspecified atom stereocenters. The molecular weight excluding hydrogens is 467 g/mol. The van der Waals surface area contributed by atoms with Crippen LogP contribution in [0.15, 0.2) is 35.4 Å². The van der Waals surface area contributed by atoms with E-state index < -0.39 is 23.0 Å². The highest BCUT2D eigenvalue weighted by Crippen LogP contribution is 2.33. The lowest BCUT2D eigenvalue weighted by Gasteiger charge is -2.36. The van der Waals surface area contributed by atoms with Gasteiger partial charge in [-0.1, -0.05) is 0 Å². The summed E-state index contributed by atoms with van der Waals surface area (Å²) in [4.78, 5) is 38.6. The van der Waals surface area contributed by atoms with Crippen molar-refractivity contribution in [1.82, 2.24) is 25.2 Å². The fourth-order valence-electron chi connectivity index (χ4n) is 4.00. The Morgan fingerprint density at radius 2 is 1.91 bits per heavy atom. The van der Waals surface area contributed by atoms with Crippen LogP contribution < -0.4 is 21.5 Å². The van der Waals surface area contributed by atoms with Gasteiger partial charge in [0.15, 0.2) is 0 Å². The van der Waals surface area contributed by atoms with Crippen LogP contribution in [0.3, 0.4) is 0 Å². The molecule has 0 radical (unpaired) electrons. The van der Waals surface area contributed by atoms with Crippen LogP contribution in [0.4, 0.5) is 24.5 Å². The standard InChI is InChI=1S/C22H24F3N7O3/c23-22(24,25)17-18(26)19-16(30-21(17)35)9-13(10-29-19)12-31-4-6-32(7-5-31)14-1-2-15(28-11-14)20(34)27-3-8-33/h1-2,9-11,33H,3-8,12H2,(H,27,34)(H3,26,30,35). The molecule has 5 N–H and O–H groups in total. The first-order valence-electron chi connectivity index (χ1n) is 10.9. The molecule has 0 saturated carbocycles. The maximum absolute atomic E-state index is 13.1. The number of hydrogen-bond acceptors (Lipinski definition) is 8. The minimum absolute atomic E-state index is 0.0912. The summed E-state index contributed by atoms with van der Waals surface area (Å²) in [6, 6.07) is 5.04. The van der Waals surface area contributed by atoms with E-state index in [0.29, 0.717) is 32.7 Å². The van der Waals surface area contributed by atoms with Gasteiger partial charge in [-0.05, 0) is 23.8 Å². The highest BCUT2D eigenvalue weighted by atomic mass is 19.4. The number of nitrogens with two attached hydrogens (primary N) is 1. The average Bonchev–Trinajstić information content (AvgIpc) is 2.82. The van der Waals surface area contributed by atoms with Crippen LogP contribution in [0, 0.1) is 0 Å². The summed E-state index contributed by atoms with van der Waals surface area (Å²) < 4.78 is 39.3. The summed E-state index contributed by atoms with van der Waals surface area (Å²) in [6.45, 7) is 3.35. The zero-order chi connectivity index (χ0) is 25.2. The van der Waals surface area contributed by atoms with Crippen LogP contribution in [0.5, 0.6) is 0 Å². The van der Waals surface area contributed by atoms with Crippen molar-refractivity contribution in [2.24, 2.45) is 0 Å². The molecule has 3 aromatic heterocycles. The molecule has 1 fully saturated rings. The van der Waals surface area contributed by atoms with Gasteiger partial charge >= 0.3 is 6.18 Å². The number of nitrogens with one attached hydrogen (secondary N) is 2. The first-order valence-corrected chi connectivity index (χ1v) is 10.9. The van der Waals surface area contributed by atoms with Crippen molar-refractivity contribution in [3.8, 4) is 0 Å². The Hall–Kier alpha value is -3.71. The number of halogens is 3. The largest absolute Gasteiger partial charge is 0.423 e. The smallest absolute Gasteiger partial charge is 0.396 e. The monoisotopic (exact) mass is 491 g/mol. The molecule has 10 nitrogen and oxygen atoms in total. The lowest BCUT2D eigenvalue weighted by Crippen LogP contribution is -2.46. The van der Waals surface area contributed by atoms with E-state index in [2.05, 4.69) is 30.1 Å². The average molecular weight is 491 g/mol. The predicted molar refractivity (Wildman–Crippen MR) is 123 cm³/mol. The number of nitrogen functional groups attached to an aromatic ring is 1. The Bertz CT molecular complexity index is 1270. The number of rotatable bonds is 6. The number of carbonyl (C=O) groups excluding carboxylic acids is 1. The second kappa shape index (κ2) is 9.88. The van der Waals surface area contributed by atoms with Crippen molar-refractivity contribution in [3.63, 3.8) is 0 Å². The highest BCUT2D eigenvalue weighted by molar-refractivity contribution is 5.92. The van der Waals surface area contributed by atoms with Crippen molar-refractivity contribution in [3.05, 3.63) is 57.8 Å². The third-order valence-corrected chi connectivity index (χ3v) is 5.75. The molecule has 3 aromatic rings. The number of pyridine rings is 3. The Labute approximate surface area is 197 Å². The molecule has 0 aromatic carbocycles. The van der Waals surface area contributed by atoms with Gasteiger partial charge in [0.05, 0.1) is 29.7 Å². The number of nitrogens with zero attached hydrogens (tertiary/aromatic N) is 4. The van der Waals surface area contributed by atoms with Gasteiger partial charge in [0, 0.05) is 45.5 Å². The number of alkyl halides is 3. The van der Waals surface area contributed by atoms with Crippen LogP contribution in [0.25, 0.3) is 11.0 Å². The van der Waals surface area contributed by atoms with Gasteiger partial charge in [-0.3, -0.25) is 19.5 Å². The van der Waals surface area contributed by atoms with Crippen molar-refractivity contribution >= 4 is 28.3 Å². The number of aromatic nitrogens is 3. The molecule has 0 atom stereocenters. The van der Waals surface area contributed by atoms with Gasteiger partial charge in [0.2, 0.25) is 0 Å². The van der Waals surface area contributed by atoms with Crippen molar-refractivity contribution < 1.29 is 23.1 Å². The minimum atomic E-state index is -4.87. The quantitative estimate of drug-likeness (QED) is 0.400. The number of carbonyl (C=O) groups is 1. The van der Waals surface area contributed by atoms with E-state index in [9.17, 15) is 22.8 Å². The third kappa shape index (κ3) is 5.35. The van der Waals surface area contributed by atoms with Crippen LogP contribution in [0.1, 0.15) is 21.6 Å². The summed E-state index contributed by atoms with van der Waals surface area (Å²) in [5.41, 5.74) is 4.15. The number of aliphatic hydroxyl groups is 1. The van der Waals surface area contributed by atoms with E-state index in [1.165, 1.54) is 6.20 Å². The first kappa shape index (κ1) is 24.4. The van der Waals surface area contributed by atoms with Gasteiger partial charge in [-0.2, -0.15) is 13.2 Å². The highest BCUT2D eigenvalue weighted by Gasteiger charge is 2.37. The summed E-state index contributed by atoms with van der Waals surface area (Å²) in [5, 5.41) is 11.3. The van der Waals surface area contributed by atoms with E-state index in [4.69, 9.17) is 10.8 Å².